The van der Waals surface area contributed by atoms with E-state index < -0.39 is 12.1 Å². The van der Waals surface area contributed by atoms with Gasteiger partial charge < -0.3 is 20.1 Å². The Morgan fingerprint density at radius 2 is 1.90 bits per heavy atom. The number of amides is 1. The van der Waals surface area contributed by atoms with E-state index in [2.05, 4.69) is 33.9 Å². The van der Waals surface area contributed by atoms with Gasteiger partial charge in [-0.25, -0.2) is 9.78 Å². The Morgan fingerprint density at radius 1 is 1.27 bits per heavy atom. The van der Waals surface area contributed by atoms with Gasteiger partial charge in [-0.1, -0.05) is 0 Å². The topological polar surface area (TPSA) is 95.0 Å². The molecule has 0 unspecified atom stereocenters. The Morgan fingerprint density at radius 3 is 2.47 bits per heavy atom. The lowest BCUT2D eigenvalue weighted by Gasteiger charge is -2.31. The van der Waals surface area contributed by atoms with Crippen LogP contribution in [0.3, 0.4) is 0 Å². The Labute approximate surface area is 177 Å². The molecular weight excluding hydrogens is 425 g/mol. The molecule has 0 saturated carbocycles. The van der Waals surface area contributed by atoms with Gasteiger partial charge in [0.05, 0.1) is 13.2 Å². The number of carboxylic acids is 1. The fraction of sp³-hybridized carbons (Fsp3) is 0.722. The van der Waals surface area contributed by atoms with Gasteiger partial charge in [0.25, 0.3) is 5.91 Å². The number of anilines is 1. The van der Waals surface area contributed by atoms with Crippen LogP contribution < -0.4 is 10.2 Å². The van der Waals surface area contributed by atoms with Crippen LogP contribution in [-0.2, 0) is 16.0 Å². The van der Waals surface area contributed by atoms with Crippen LogP contribution in [0.15, 0.2) is 0 Å². The average molecular weight is 452 g/mol. The van der Waals surface area contributed by atoms with E-state index in [-0.39, 0.29) is 5.91 Å². The van der Waals surface area contributed by atoms with Gasteiger partial charge in [0.15, 0.2) is 5.01 Å². The number of carboxylic acid groups (broad SMARTS) is 1. The number of morpholine rings is 1. The second-order valence-corrected chi connectivity index (χ2v) is 8.25. The molecule has 1 saturated heterocycles. The minimum Gasteiger partial charge on any atom is -0.475 e. The summed E-state index contributed by atoms with van der Waals surface area (Å²) in [5, 5.41) is 10.7. The minimum absolute atomic E-state index is 0.0404. The number of alkyl halides is 3. The first-order valence-electron chi connectivity index (χ1n) is 9.74. The van der Waals surface area contributed by atoms with E-state index in [1.165, 1.54) is 4.88 Å². The number of carbonyl (C=O) groups is 2. The first-order chi connectivity index (χ1) is 14.1. The highest BCUT2D eigenvalue weighted by Gasteiger charge is 2.38. The maximum absolute atomic E-state index is 12.4. The van der Waals surface area contributed by atoms with Gasteiger partial charge in [-0.2, -0.15) is 13.2 Å². The maximum atomic E-state index is 12.4. The number of ether oxygens (including phenoxy) is 1. The van der Waals surface area contributed by atoms with Gasteiger partial charge in [0.1, 0.15) is 5.82 Å². The number of hydrogen-bond acceptors (Lipinski definition) is 7. The first-order valence-corrected chi connectivity index (χ1v) is 10.6. The fourth-order valence-corrected chi connectivity index (χ4v) is 4.11. The summed E-state index contributed by atoms with van der Waals surface area (Å²) in [7, 11) is 0. The summed E-state index contributed by atoms with van der Waals surface area (Å²) in [6.45, 7) is 10.4. The number of nitrogens with zero attached hydrogens (tertiary/aromatic N) is 3. The lowest BCUT2D eigenvalue weighted by molar-refractivity contribution is -0.192. The number of rotatable bonds is 5. The summed E-state index contributed by atoms with van der Waals surface area (Å²) in [5.41, 5.74) is 0. The summed E-state index contributed by atoms with van der Waals surface area (Å²) in [6.07, 6.45) is -2.90. The molecule has 12 heteroatoms. The molecule has 2 aliphatic heterocycles. The third kappa shape index (κ3) is 7.10. The molecule has 1 aromatic rings. The van der Waals surface area contributed by atoms with E-state index in [0.717, 1.165) is 58.1 Å². The molecule has 2 aliphatic rings. The third-order valence-corrected chi connectivity index (χ3v) is 5.73. The summed E-state index contributed by atoms with van der Waals surface area (Å²) in [6, 6.07) is 0.424. The van der Waals surface area contributed by atoms with Crippen LogP contribution >= 0.6 is 11.3 Å². The third-order valence-electron chi connectivity index (χ3n) is 4.63. The zero-order valence-corrected chi connectivity index (χ0v) is 17.8. The van der Waals surface area contributed by atoms with Gasteiger partial charge in [-0.15, -0.1) is 11.3 Å². The molecule has 3 rings (SSSR count). The van der Waals surface area contributed by atoms with Crippen molar-refractivity contribution in [3.63, 3.8) is 0 Å². The number of fused-ring (bicyclic) bond motifs is 1. The zero-order valence-electron chi connectivity index (χ0n) is 17.0. The molecule has 0 atom stereocenters. The number of halogens is 3. The van der Waals surface area contributed by atoms with E-state index in [1.54, 1.807) is 11.3 Å². The smallest absolute Gasteiger partial charge is 0.475 e. The predicted molar refractivity (Wildman–Crippen MR) is 106 cm³/mol. The number of thiazole rings is 1. The van der Waals surface area contributed by atoms with Crippen LogP contribution in [0.2, 0.25) is 0 Å². The molecule has 8 nitrogen and oxygen atoms in total. The normalized spacial score (nSPS) is 17.2. The van der Waals surface area contributed by atoms with Crippen molar-refractivity contribution in [1.29, 1.82) is 0 Å². The monoisotopic (exact) mass is 452 g/mol. The quantitative estimate of drug-likeness (QED) is 0.706. The molecule has 1 amide bonds. The van der Waals surface area contributed by atoms with Crippen molar-refractivity contribution in [1.82, 2.24) is 15.2 Å². The predicted octanol–water partition coefficient (Wildman–Crippen LogP) is 2.00. The van der Waals surface area contributed by atoms with Crippen LogP contribution in [0, 0.1) is 0 Å². The molecule has 0 bridgehead atoms. The second kappa shape index (κ2) is 10.9. The van der Waals surface area contributed by atoms with Crippen molar-refractivity contribution < 1.29 is 32.6 Å². The molecule has 0 spiro atoms. The maximum Gasteiger partial charge on any atom is 0.490 e. The first kappa shape index (κ1) is 24.4. The molecule has 0 radical (unpaired) electrons. The van der Waals surface area contributed by atoms with Gasteiger partial charge in [-0.05, 0) is 26.7 Å². The van der Waals surface area contributed by atoms with Crippen molar-refractivity contribution >= 4 is 29.0 Å². The van der Waals surface area contributed by atoms with Gasteiger partial charge >= 0.3 is 12.1 Å². The molecular formula is C18H27F3N4O4S. The van der Waals surface area contributed by atoms with E-state index in [1.807, 2.05) is 0 Å². The highest BCUT2D eigenvalue weighted by molar-refractivity contribution is 7.14. The van der Waals surface area contributed by atoms with Crippen LogP contribution in [-0.4, -0.2) is 85.0 Å². The SMILES string of the molecule is CC(C)N1CCCc2sc(C(=O)NCCN3CCOCC3)nc21.O=C(O)C(F)(F)F. The molecule has 3 heterocycles. The van der Waals surface area contributed by atoms with Crippen LogP contribution in [0.1, 0.15) is 34.9 Å². The van der Waals surface area contributed by atoms with E-state index >= 15 is 0 Å². The van der Waals surface area contributed by atoms with Crippen molar-refractivity contribution in [2.75, 3.05) is 50.8 Å². The standard InChI is InChI=1S/C16H26N4O2S.C2HF3O2/c1-12(2)20-6-3-4-13-14(20)18-16(23-13)15(21)17-5-7-19-8-10-22-11-9-19;3-2(4,5)1(6)7/h12H,3-11H2,1-2H3,(H,17,21);(H,6,7). The average Bonchev–Trinajstić information content (AvgIpc) is 3.12. The number of aryl methyl sites for hydroxylation is 1. The van der Waals surface area contributed by atoms with Crippen LogP contribution in [0.5, 0.6) is 0 Å². The summed E-state index contributed by atoms with van der Waals surface area (Å²) >= 11 is 1.55. The molecule has 170 valence electrons. The highest BCUT2D eigenvalue weighted by atomic mass is 32.1. The Hall–Kier alpha value is -1.92. The lowest BCUT2D eigenvalue weighted by atomic mass is 10.1. The molecule has 30 heavy (non-hydrogen) atoms. The van der Waals surface area contributed by atoms with Gasteiger partial charge in [0, 0.05) is 43.6 Å². The minimum atomic E-state index is -5.08. The number of carbonyl (C=O) groups excluding carboxylic acids is 1. The molecule has 1 aromatic heterocycles. The van der Waals surface area contributed by atoms with E-state index in [0.29, 0.717) is 17.6 Å². The summed E-state index contributed by atoms with van der Waals surface area (Å²) < 4.78 is 37.1. The van der Waals surface area contributed by atoms with Crippen molar-refractivity contribution in [2.45, 2.75) is 38.9 Å². The largest absolute Gasteiger partial charge is 0.490 e. The molecule has 0 aromatic carbocycles. The number of hydrogen-bond donors (Lipinski definition) is 2. The van der Waals surface area contributed by atoms with Crippen LogP contribution in [0.4, 0.5) is 19.0 Å². The molecule has 1 fully saturated rings. The summed E-state index contributed by atoms with van der Waals surface area (Å²) in [4.78, 5) is 31.7. The Balaban J connectivity index is 0.000000396. The number of aromatic nitrogens is 1. The van der Waals surface area contributed by atoms with Gasteiger partial charge in [0.2, 0.25) is 0 Å². The molecule has 2 N–H and O–H groups in total. The fourth-order valence-electron chi connectivity index (χ4n) is 3.07. The van der Waals surface area contributed by atoms with Gasteiger partial charge in [-0.3, -0.25) is 9.69 Å². The van der Waals surface area contributed by atoms with E-state index in [4.69, 9.17) is 14.6 Å². The number of aliphatic carboxylic acids is 1. The number of nitrogens with one attached hydrogen (secondary N) is 1. The summed E-state index contributed by atoms with van der Waals surface area (Å²) in [5.74, 6) is -1.77. The second-order valence-electron chi connectivity index (χ2n) is 7.17. The van der Waals surface area contributed by atoms with Crippen molar-refractivity contribution in [2.24, 2.45) is 0 Å². The van der Waals surface area contributed by atoms with E-state index in [9.17, 15) is 18.0 Å². The molecule has 0 aliphatic carbocycles. The van der Waals surface area contributed by atoms with Crippen molar-refractivity contribution in [3.05, 3.63) is 9.88 Å². The van der Waals surface area contributed by atoms with Crippen LogP contribution in [0.25, 0.3) is 0 Å². The van der Waals surface area contributed by atoms with Crippen molar-refractivity contribution in [3.8, 4) is 0 Å². The lowest BCUT2D eigenvalue weighted by Crippen LogP contribution is -2.41. The zero-order chi connectivity index (χ0) is 22.3. The Kier molecular flexibility index (Phi) is 8.86. The Bertz CT molecular complexity index is 721. The highest BCUT2D eigenvalue weighted by Crippen LogP contribution is 2.32.